The molecule has 1 aromatic rings. The lowest BCUT2D eigenvalue weighted by Gasteiger charge is -2.32. The molecule has 2 rings (SSSR count). The van der Waals surface area contributed by atoms with E-state index in [0.717, 1.165) is 38.4 Å². The van der Waals surface area contributed by atoms with Crippen LogP contribution in [0.1, 0.15) is 24.8 Å². The Labute approximate surface area is 122 Å². The summed E-state index contributed by atoms with van der Waals surface area (Å²) >= 11 is 0. The zero-order chi connectivity index (χ0) is 15.2. The van der Waals surface area contributed by atoms with Crippen LogP contribution < -0.4 is 5.73 Å². The van der Waals surface area contributed by atoms with Crippen LogP contribution in [-0.4, -0.2) is 37.2 Å². The second-order valence-corrected chi connectivity index (χ2v) is 5.35. The van der Waals surface area contributed by atoms with E-state index in [9.17, 15) is 13.2 Å². The summed E-state index contributed by atoms with van der Waals surface area (Å²) in [5.74, 6) is -2.86. The summed E-state index contributed by atoms with van der Waals surface area (Å²) in [5.41, 5.74) is 5.60. The Morgan fingerprint density at radius 3 is 2.43 bits per heavy atom. The summed E-state index contributed by atoms with van der Waals surface area (Å²) < 4.78 is 45.3. The van der Waals surface area contributed by atoms with Crippen molar-refractivity contribution in [3.8, 4) is 0 Å². The molecule has 6 heteroatoms. The van der Waals surface area contributed by atoms with Crippen LogP contribution >= 0.6 is 0 Å². The molecule has 3 nitrogen and oxygen atoms in total. The predicted octanol–water partition coefficient (Wildman–Crippen LogP) is 2.43. The minimum Gasteiger partial charge on any atom is -0.378 e. The maximum Gasteiger partial charge on any atom is 0.161 e. The van der Waals surface area contributed by atoms with Crippen molar-refractivity contribution in [1.29, 1.82) is 0 Å². The summed E-state index contributed by atoms with van der Waals surface area (Å²) in [5, 5.41) is 0. The van der Waals surface area contributed by atoms with Crippen LogP contribution in [0.15, 0.2) is 12.1 Å². The molecule has 0 bridgehead atoms. The van der Waals surface area contributed by atoms with Gasteiger partial charge < -0.3 is 10.5 Å². The van der Waals surface area contributed by atoms with E-state index in [4.69, 9.17) is 10.5 Å². The minimum absolute atomic E-state index is 0.191. The number of rotatable bonds is 6. The Kier molecular flexibility index (Phi) is 6.02. The van der Waals surface area contributed by atoms with Crippen molar-refractivity contribution >= 4 is 0 Å². The second kappa shape index (κ2) is 7.77. The van der Waals surface area contributed by atoms with Gasteiger partial charge in [0.05, 0.1) is 6.10 Å². The molecule has 1 saturated heterocycles. The molecule has 1 heterocycles. The fraction of sp³-hybridized carbons (Fsp3) is 0.600. The zero-order valence-electron chi connectivity index (χ0n) is 12.0. The first-order chi connectivity index (χ1) is 10.1. The van der Waals surface area contributed by atoms with Gasteiger partial charge in [-0.1, -0.05) is 0 Å². The Balaban J connectivity index is 1.82. The SMILES string of the molecule is NCCCOC1CCN(Cc2cc(F)c(F)cc2F)CC1. The molecule has 0 radical (unpaired) electrons. The maximum absolute atomic E-state index is 13.6. The van der Waals surface area contributed by atoms with Crippen molar-refractivity contribution < 1.29 is 17.9 Å². The van der Waals surface area contributed by atoms with Crippen molar-refractivity contribution in [2.45, 2.75) is 31.9 Å². The van der Waals surface area contributed by atoms with Crippen molar-refractivity contribution in [3.63, 3.8) is 0 Å². The van der Waals surface area contributed by atoms with E-state index in [1.54, 1.807) is 0 Å². The molecule has 0 saturated carbocycles. The molecule has 1 aliphatic rings. The highest BCUT2D eigenvalue weighted by Crippen LogP contribution is 2.19. The van der Waals surface area contributed by atoms with E-state index in [2.05, 4.69) is 0 Å². The molecule has 118 valence electrons. The van der Waals surface area contributed by atoms with Gasteiger partial charge in [0.1, 0.15) is 5.82 Å². The zero-order valence-corrected chi connectivity index (χ0v) is 12.0. The number of ether oxygens (including phenoxy) is 1. The fourth-order valence-corrected chi connectivity index (χ4v) is 2.49. The average molecular weight is 302 g/mol. The number of benzene rings is 1. The molecule has 21 heavy (non-hydrogen) atoms. The van der Waals surface area contributed by atoms with Gasteiger partial charge in [-0.15, -0.1) is 0 Å². The molecule has 0 unspecified atom stereocenters. The van der Waals surface area contributed by atoms with E-state index >= 15 is 0 Å². The van der Waals surface area contributed by atoms with E-state index < -0.39 is 17.5 Å². The van der Waals surface area contributed by atoms with Gasteiger partial charge in [-0.25, -0.2) is 13.2 Å². The fourth-order valence-electron chi connectivity index (χ4n) is 2.49. The van der Waals surface area contributed by atoms with Gasteiger partial charge in [-0.2, -0.15) is 0 Å². The number of nitrogens with zero attached hydrogens (tertiary/aromatic N) is 1. The quantitative estimate of drug-likeness (QED) is 0.648. The summed E-state index contributed by atoms with van der Waals surface area (Å²) in [6, 6.07) is 1.54. The first kappa shape index (κ1) is 16.3. The molecular formula is C15H21F3N2O. The summed E-state index contributed by atoms with van der Waals surface area (Å²) in [6.07, 6.45) is 2.77. The van der Waals surface area contributed by atoms with E-state index in [-0.39, 0.29) is 11.7 Å². The number of halogens is 3. The molecule has 0 aliphatic carbocycles. The third-order valence-corrected chi connectivity index (χ3v) is 3.72. The number of piperidine rings is 1. The van der Waals surface area contributed by atoms with Crippen molar-refractivity contribution in [2.75, 3.05) is 26.2 Å². The molecule has 0 spiro atoms. The van der Waals surface area contributed by atoms with Gasteiger partial charge in [-0.3, -0.25) is 4.90 Å². The lowest BCUT2D eigenvalue weighted by Crippen LogP contribution is -2.37. The highest BCUT2D eigenvalue weighted by molar-refractivity contribution is 5.20. The largest absolute Gasteiger partial charge is 0.378 e. The average Bonchev–Trinajstić information content (AvgIpc) is 2.47. The van der Waals surface area contributed by atoms with Crippen LogP contribution in [0.3, 0.4) is 0 Å². The minimum atomic E-state index is -1.15. The predicted molar refractivity (Wildman–Crippen MR) is 74.2 cm³/mol. The molecule has 1 aliphatic heterocycles. The second-order valence-electron chi connectivity index (χ2n) is 5.35. The molecule has 1 aromatic carbocycles. The molecule has 0 amide bonds. The van der Waals surface area contributed by atoms with Gasteiger partial charge in [0, 0.05) is 37.9 Å². The van der Waals surface area contributed by atoms with Crippen LogP contribution in [0.25, 0.3) is 0 Å². The Morgan fingerprint density at radius 1 is 1.10 bits per heavy atom. The van der Waals surface area contributed by atoms with Crippen molar-refractivity contribution in [1.82, 2.24) is 4.90 Å². The maximum atomic E-state index is 13.6. The van der Waals surface area contributed by atoms with Crippen LogP contribution in [0.2, 0.25) is 0 Å². The van der Waals surface area contributed by atoms with Gasteiger partial charge >= 0.3 is 0 Å². The third-order valence-electron chi connectivity index (χ3n) is 3.72. The monoisotopic (exact) mass is 302 g/mol. The van der Waals surface area contributed by atoms with Crippen molar-refractivity contribution in [2.24, 2.45) is 5.73 Å². The Hall–Kier alpha value is -1.11. The van der Waals surface area contributed by atoms with Crippen LogP contribution in [0.5, 0.6) is 0 Å². The molecule has 0 aromatic heterocycles. The van der Waals surface area contributed by atoms with Crippen LogP contribution in [0.4, 0.5) is 13.2 Å². The third kappa shape index (κ3) is 4.69. The molecule has 0 atom stereocenters. The standard InChI is InChI=1S/C15H21F3N2O/c16-13-9-15(18)14(17)8-11(13)10-20-5-2-12(3-6-20)21-7-1-4-19/h8-9,12H,1-7,10,19H2. The number of likely N-dealkylation sites (tertiary alicyclic amines) is 1. The Morgan fingerprint density at radius 2 is 1.76 bits per heavy atom. The van der Waals surface area contributed by atoms with Gasteiger partial charge in [0.15, 0.2) is 11.6 Å². The molecule has 2 N–H and O–H groups in total. The number of hydrogen-bond acceptors (Lipinski definition) is 3. The Bertz CT molecular complexity index is 462. The summed E-state index contributed by atoms with van der Waals surface area (Å²) in [6.45, 7) is 3.09. The topological polar surface area (TPSA) is 38.5 Å². The smallest absolute Gasteiger partial charge is 0.161 e. The number of nitrogens with two attached hydrogens (primary N) is 1. The van der Waals surface area contributed by atoms with Crippen LogP contribution in [0, 0.1) is 17.5 Å². The van der Waals surface area contributed by atoms with Gasteiger partial charge in [0.2, 0.25) is 0 Å². The van der Waals surface area contributed by atoms with Crippen molar-refractivity contribution in [3.05, 3.63) is 35.1 Å². The first-order valence-corrected chi connectivity index (χ1v) is 7.27. The summed E-state index contributed by atoms with van der Waals surface area (Å²) in [4.78, 5) is 2.03. The highest BCUT2D eigenvalue weighted by atomic mass is 19.2. The molecular weight excluding hydrogens is 281 g/mol. The normalized spacial score (nSPS) is 17.3. The van der Waals surface area contributed by atoms with E-state index in [1.165, 1.54) is 0 Å². The lowest BCUT2D eigenvalue weighted by atomic mass is 10.1. The van der Waals surface area contributed by atoms with E-state index in [1.807, 2.05) is 4.90 Å². The van der Waals surface area contributed by atoms with Gasteiger partial charge in [0.25, 0.3) is 0 Å². The number of hydrogen-bond donors (Lipinski definition) is 1. The molecule has 1 fully saturated rings. The summed E-state index contributed by atoms with van der Waals surface area (Å²) in [7, 11) is 0. The van der Waals surface area contributed by atoms with Crippen LogP contribution in [-0.2, 0) is 11.3 Å². The lowest BCUT2D eigenvalue weighted by molar-refractivity contribution is 0.00543. The van der Waals surface area contributed by atoms with Gasteiger partial charge in [-0.05, 0) is 31.9 Å². The first-order valence-electron chi connectivity index (χ1n) is 7.27. The van der Waals surface area contributed by atoms with E-state index in [0.29, 0.717) is 25.8 Å². The highest BCUT2D eigenvalue weighted by Gasteiger charge is 2.21.